The van der Waals surface area contributed by atoms with Gasteiger partial charge in [0.2, 0.25) is 11.1 Å². The minimum absolute atomic E-state index is 0.0577. The van der Waals surface area contributed by atoms with Crippen LogP contribution in [-0.2, 0) is 4.79 Å². The van der Waals surface area contributed by atoms with Crippen molar-refractivity contribution >= 4 is 17.7 Å². The molecule has 29 heavy (non-hydrogen) atoms. The zero-order valence-electron chi connectivity index (χ0n) is 16.7. The molecular formula is C19H25N5O4S. The number of thioether (sulfide) groups is 1. The number of benzene rings is 1. The largest absolute Gasteiger partial charge is 0.490 e. The van der Waals surface area contributed by atoms with E-state index in [9.17, 15) is 9.59 Å². The molecular weight excluding hydrogens is 394 g/mol. The number of fused-ring (bicyclic) bond motifs is 1. The molecule has 156 valence electrons. The molecule has 0 radical (unpaired) electrons. The van der Waals surface area contributed by atoms with Gasteiger partial charge in [-0.1, -0.05) is 31.7 Å². The Morgan fingerprint density at radius 1 is 1.28 bits per heavy atom. The average Bonchev–Trinajstić information content (AvgIpc) is 2.94. The molecule has 0 bridgehead atoms. The molecule has 2 aromatic rings. The fraction of sp³-hybridized carbons (Fsp3) is 0.474. The lowest BCUT2D eigenvalue weighted by Gasteiger charge is -2.24. The van der Waals surface area contributed by atoms with Gasteiger partial charge >= 0.3 is 0 Å². The number of carbonyl (C=O) groups is 1. The van der Waals surface area contributed by atoms with Gasteiger partial charge in [0, 0.05) is 6.42 Å². The van der Waals surface area contributed by atoms with Crippen LogP contribution in [0.5, 0.6) is 11.5 Å². The Labute approximate surface area is 173 Å². The fourth-order valence-corrected chi connectivity index (χ4v) is 3.59. The third-order valence-corrected chi connectivity index (χ3v) is 5.41. The number of carbonyl (C=O) groups excluding carboxylic acids is 1. The van der Waals surface area contributed by atoms with Gasteiger partial charge in [-0.2, -0.15) is 4.68 Å². The summed E-state index contributed by atoms with van der Waals surface area (Å²) in [6.45, 7) is 6.82. The maximum absolute atomic E-state index is 12.5. The van der Waals surface area contributed by atoms with E-state index in [4.69, 9.17) is 15.3 Å². The second-order valence-corrected chi connectivity index (χ2v) is 8.02. The summed E-state index contributed by atoms with van der Waals surface area (Å²) in [5.41, 5.74) is 0.708. The highest BCUT2D eigenvalue weighted by Crippen LogP contribution is 2.34. The Hall–Kier alpha value is -2.75. The van der Waals surface area contributed by atoms with Crippen LogP contribution in [0.2, 0.25) is 0 Å². The molecule has 0 aliphatic carbocycles. The molecule has 1 atom stereocenters. The SMILES string of the molecule is Cc1nnc(SCC(=O)N[C@@H](c2ccc3c(c2)OCCCO3)C(C)C)n(N)c1=O. The number of nitrogens with two attached hydrogens (primary N) is 1. The normalized spacial score (nSPS) is 14.3. The fourth-order valence-electron chi connectivity index (χ4n) is 2.92. The van der Waals surface area contributed by atoms with Crippen LogP contribution in [-0.4, -0.2) is 39.7 Å². The van der Waals surface area contributed by atoms with E-state index in [1.807, 2.05) is 32.0 Å². The highest BCUT2D eigenvalue weighted by atomic mass is 32.2. The van der Waals surface area contributed by atoms with Crippen LogP contribution < -0.4 is 26.2 Å². The van der Waals surface area contributed by atoms with Crippen LogP contribution in [0.3, 0.4) is 0 Å². The molecule has 3 rings (SSSR count). The lowest BCUT2D eigenvalue weighted by Crippen LogP contribution is -2.34. The lowest BCUT2D eigenvalue weighted by atomic mass is 9.95. The number of ether oxygens (including phenoxy) is 2. The van der Waals surface area contributed by atoms with Crippen molar-refractivity contribution in [1.29, 1.82) is 0 Å². The molecule has 1 aliphatic heterocycles. The van der Waals surface area contributed by atoms with Crippen LogP contribution >= 0.6 is 11.8 Å². The van der Waals surface area contributed by atoms with Crippen molar-refractivity contribution in [3.63, 3.8) is 0 Å². The van der Waals surface area contributed by atoms with Gasteiger partial charge in [-0.3, -0.25) is 9.59 Å². The van der Waals surface area contributed by atoms with Crippen molar-refractivity contribution in [1.82, 2.24) is 20.2 Å². The molecule has 9 nitrogen and oxygen atoms in total. The third-order valence-electron chi connectivity index (χ3n) is 4.47. The first-order valence-corrected chi connectivity index (χ1v) is 10.4. The van der Waals surface area contributed by atoms with Gasteiger partial charge < -0.3 is 20.6 Å². The smallest absolute Gasteiger partial charge is 0.294 e. The predicted octanol–water partition coefficient (Wildman–Crippen LogP) is 1.43. The third kappa shape index (κ3) is 5.00. The summed E-state index contributed by atoms with van der Waals surface area (Å²) in [6.07, 6.45) is 0.833. The van der Waals surface area contributed by atoms with E-state index in [-0.39, 0.29) is 34.5 Å². The Kier molecular flexibility index (Phi) is 6.63. The number of nitrogen functional groups attached to an aromatic ring is 1. The minimum atomic E-state index is -0.435. The molecule has 1 aromatic carbocycles. The summed E-state index contributed by atoms with van der Waals surface area (Å²) >= 11 is 1.06. The Balaban J connectivity index is 1.69. The number of aromatic nitrogens is 3. The molecule has 1 aromatic heterocycles. The predicted molar refractivity (Wildman–Crippen MR) is 110 cm³/mol. The number of hydrogen-bond acceptors (Lipinski definition) is 8. The van der Waals surface area contributed by atoms with Gasteiger partial charge in [-0.25, -0.2) is 0 Å². The van der Waals surface area contributed by atoms with Gasteiger partial charge in [-0.05, 0) is 30.5 Å². The molecule has 0 spiro atoms. The van der Waals surface area contributed by atoms with E-state index in [0.29, 0.717) is 19.0 Å². The minimum Gasteiger partial charge on any atom is -0.490 e. The quantitative estimate of drug-likeness (QED) is 0.533. The number of rotatable bonds is 6. The first-order valence-electron chi connectivity index (χ1n) is 9.40. The molecule has 0 unspecified atom stereocenters. The Bertz CT molecular complexity index is 947. The number of nitrogens with zero attached hydrogens (tertiary/aromatic N) is 3. The van der Waals surface area contributed by atoms with Crippen LogP contribution in [0.4, 0.5) is 0 Å². The number of nitrogens with one attached hydrogen (secondary N) is 1. The van der Waals surface area contributed by atoms with E-state index in [1.165, 1.54) is 6.92 Å². The van der Waals surface area contributed by atoms with E-state index >= 15 is 0 Å². The van der Waals surface area contributed by atoms with E-state index in [2.05, 4.69) is 15.5 Å². The summed E-state index contributed by atoms with van der Waals surface area (Å²) in [5.74, 6) is 7.13. The molecule has 0 fully saturated rings. The summed E-state index contributed by atoms with van der Waals surface area (Å²) in [7, 11) is 0. The van der Waals surface area contributed by atoms with Crippen molar-refractivity contribution in [2.75, 3.05) is 24.8 Å². The van der Waals surface area contributed by atoms with Crippen LogP contribution in [0.15, 0.2) is 28.2 Å². The molecule has 0 saturated carbocycles. The first-order chi connectivity index (χ1) is 13.9. The summed E-state index contributed by atoms with van der Waals surface area (Å²) in [5, 5.41) is 10.9. The lowest BCUT2D eigenvalue weighted by molar-refractivity contribution is -0.119. The van der Waals surface area contributed by atoms with E-state index in [0.717, 1.165) is 34.2 Å². The van der Waals surface area contributed by atoms with Crippen molar-refractivity contribution < 1.29 is 14.3 Å². The second kappa shape index (κ2) is 9.17. The summed E-state index contributed by atoms with van der Waals surface area (Å²) < 4.78 is 12.3. The molecule has 10 heteroatoms. The highest BCUT2D eigenvalue weighted by molar-refractivity contribution is 7.99. The van der Waals surface area contributed by atoms with Crippen molar-refractivity contribution in [3.05, 3.63) is 39.8 Å². The van der Waals surface area contributed by atoms with Gasteiger partial charge in [0.25, 0.3) is 5.56 Å². The molecule has 1 amide bonds. The van der Waals surface area contributed by atoms with E-state index in [1.54, 1.807) is 0 Å². The van der Waals surface area contributed by atoms with Gasteiger partial charge in [0.05, 0.1) is 25.0 Å². The van der Waals surface area contributed by atoms with Crippen LogP contribution in [0.1, 0.15) is 37.6 Å². The Morgan fingerprint density at radius 3 is 2.72 bits per heavy atom. The highest BCUT2D eigenvalue weighted by Gasteiger charge is 2.21. The molecule has 0 saturated heterocycles. The zero-order valence-corrected chi connectivity index (χ0v) is 17.5. The van der Waals surface area contributed by atoms with Crippen LogP contribution in [0, 0.1) is 12.8 Å². The molecule has 2 heterocycles. The first kappa shape index (κ1) is 21.0. The van der Waals surface area contributed by atoms with Crippen molar-refractivity contribution in [2.24, 2.45) is 5.92 Å². The number of amides is 1. The summed E-state index contributed by atoms with van der Waals surface area (Å²) in [4.78, 5) is 24.4. The number of hydrogen-bond donors (Lipinski definition) is 2. The number of aryl methyl sites for hydroxylation is 1. The van der Waals surface area contributed by atoms with Crippen molar-refractivity contribution in [3.8, 4) is 11.5 Å². The maximum atomic E-state index is 12.5. The molecule has 1 aliphatic rings. The summed E-state index contributed by atoms with van der Waals surface area (Å²) in [6, 6.07) is 5.53. The standard InChI is InChI=1S/C19H25N5O4S/c1-11(2)17(13-5-6-14-15(9-13)28-8-4-7-27-14)21-16(25)10-29-19-23-22-12(3)18(26)24(19)20/h5-6,9,11,17H,4,7-8,10,20H2,1-3H3,(H,21,25)/t17-/m1/s1. The van der Waals surface area contributed by atoms with Gasteiger partial charge in [-0.15, -0.1) is 10.2 Å². The maximum Gasteiger partial charge on any atom is 0.294 e. The monoisotopic (exact) mass is 419 g/mol. The van der Waals surface area contributed by atoms with Gasteiger partial charge in [0.1, 0.15) is 5.69 Å². The van der Waals surface area contributed by atoms with E-state index < -0.39 is 5.56 Å². The average molecular weight is 420 g/mol. The topological polar surface area (TPSA) is 121 Å². The molecule has 3 N–H and O–H groups in total. The van der Waals surface area contributed by atoms with Crippen molar-refractivity contribution in [2.45, 2.75) is 38.4 Å². The zero-order chi connectivity index (χ0) is 21.0. The van der Waals surface area contributed by atoms with Gasteiger partial charge in [0.15, 0.2) is 11.5 Å². The second-order valence-electron chi connectivity index (χ2n) is 7.08. The Morgan fingerprint density at radius 2 is 2.00 bits per heavy atom. The van der Waals surface area contributed by atoms with Crippen LogP contribution in [0.25, 0.3) is 0 Å².